The van der Waals surface area contributed by atoms with Gasteiger partial charge in [-0.2, -0.15) is 0 Å². The molecular formula is C10H10N2OS. The lowest BCUT2D eigenvalue weighted by molar-refractivity contribution is 0.0993. The van der Waals surface area contributed by atoms with Crippen molar-refractivity contribution in [2.24, 2.45) is 0 Å². The summed E-state index contributed by atoms with van der Waals surface area (Å²) in [5, 5.41) is 3.41. The Labute approximate surface area is 85.8 Å². The second kappa shape index (κ2) is 3.86. The number of carbonyl (C=O) groups excluding carboxylic acids is 1. The molecule has 0 saturated carbocycles. The number of nitrogens with zero attached hydrogens (tertiary/aromatic N) is 1. The number of nitrogens with one attached hydrogen (secondary N) is 1. The largest absolute Gasteiger partial charge is 0.313 e. The lowest BCUT2D eigenvalue weighted by atomic mass is 10.3. The van der Waals surface area contributed by atoms with Crippen LogP contribution in [0.3, 0.4) is 0 Å². The van der Waals surface area contributed by atoms with Crippen LogP contribution in [-0.2, 0) is 0 Å². The molecule has 1 N–H and O–H groups in total. The summed E-state index contributed by atoms with van der Waals surface area (Å²) in [6, 6.07) is 7.77. The van der Waals surface area contributed by atoms with Gasteiger partial charge in [0.1, 0.15) is 0 Å². The number of ketones is 1. The van der Waals surface area contributed by atoms with Gasteiger partial charge in [0, 0.05) is 0 Å². The summed E-state index contributed by atoms with van der Waals surface area (Å²) in [5.41, 5.74) is 0.900. The molecule has 0 amide bonds. The van der Waals surface area contributed by atoms with E-state index in [0.717, 1.165) is 10.2 Å². The molecule has 0 bridgehead atoms. The number of fused-ring (bicyclic) bond motifs is 1. The Hall–Kier alpha value is -1.26. The number of rotatable bonds is 3. The summed E-state index contributed by atoms with van der Waals surface area (Å²) in [4.78, 5) is 15.8. The fourth-order valence-corrected chi connectivity index (χ4v) is 2.13. The average Bonchev–Trinajstić information content (AvgIpc) is 2.61. The number of carbonyl (C=O) groups is 1. The quantitative estimate of drug-likeness (QED) is 0.777. The Morgan fingerprint density at radius 1 is 1.50 bits per heavy atom. The minimum Gasteiger partial charge on any atom is -0.313 e. The molecule has 0 radical (unpaired) electrons. The molecule has 14 heavy (non-hydrogen) atoms. The molecule has 0 saturated heterocycles. The summed E-state index contributed by atoms with van der Waals surface area (Å²) >= 11 is 1.44. The molecule has 3 nitrogen and oxygen atoms in total. The van der Waals surface area contributed by atoms with Crippen molar-refractivity contribution in [3.05, 3.63) is 29.3 Å². The zero-order valence-corrected chi connectivity index (χ0v) is 8.60. The smallest absolute Gasteiger partial charge is 0.205 e. The van der Waals surface area contributed by atoms with E-state index in [2.05, 4.69) is 10.3 Å². The predicted molar refractivity (Wildman–Crippen MR) is 57.9 cm³/mol. The van der Waals surface area contributed by atoms with E-state index in [9.17, 15) is 4.79 Å². The zero-order valence-electron chi connectivity index (χ0n) is 7.78. The third-order valence-electron chi connectivity index (χ3n) is 1.87. The minimum absolute atomic E-state index is 0.0497. The topological polar surface area (TPSA) is 42.0 Å². The molecule has 2 aromatic rings. The molecule has 0 aliphatic rings. The van der Waals surface area contributed by atoms with Crippen LogP contribution in [0.5, 0.6) is 0 Å². The molecule has 2 rings (SSSR count). The van der Waals surface area contributed by atoms with Gasteiger partial charge in [0.2, 0.25) is 5.78 Å². The van der Waals surface area contributed by atoms with Gasteiger partial charge in [-0.1, -0.05) is 12.1 Å². The van der Waals surface area contributed by atoms with Crippen molar-refractivity contribution in [2.45, 2.75) is 0 Å². The average molecular weight is 206 g/mol. The summed E-state index contributed by atoms with van der Waals surface area (Å²) in [7, 11) is 1.76. The van der Waals surface area contributed by atoms with Crippen molar-refractivity contribution in [3.63, 3.8) is 0 Å². The van der Waals surface area contributed by atoms with Gasteiger partial charge in [0.15, 0.2) is 5.01 Å². The first-order valence-corrected chi connectivity index (χ1v) is 5.16. The van der Waals surface area contributed by atoms with Crippen LogP contribution in [0.15, 0.2) is 24.3 Å². The number of likely N-dealkylation sites (N-methyl/N-ethyl adjacent to an activating group) is 1. The summed E-state index contributed by atoms with van der Waals surface area (Å²) in [6.45, 7) is 0.347. The van der Waals surface area contributed by atoms with E-state index >= 15 is 0 Å². The highest BCUT2D eigenvalue weighted by Crippen LogP contribution is 2.21. The van der Waals surface area contributed by atoms with Crippen molar-refractivity contribution in [2.75, 3.05) is 13.6 Å². The van der Waals surface area contributed by atoms with Crippen molar-refractivity contribution in [1.29, 1.82) is 0 Å². The number of benzene rings is 1. The first-order chi connectivity index (χ1) is 6.81. The molecule has 1 aromatic carbocycles. The van der Waals surface area contributed by atoms with Gasteiger partial charge in [-0.3, -0.25) is 4.79 Å². The summed E-state index contributed by atoms with van der Waals surface area (Å²) in [6.07, 6.45) is 0. The van der Waals surface area contributed by atoms with Crippen molar-refractivity contribution in [1.82, 2.24) is 10.3 Å². The highest BCUT2D eigenvalue weighted by Gasteiger charge is 2.10. The van der Waals surface area contributed by atoms with Gasteiger partial charge in [-0.05, 0) is 19.2 Å². The number of hydrogen-bond donors (Lipinski definition) is 1. The zero-order chi connectivity index (χ0) is 9.97. The second-order valence-corrected chi connectivity index (χ2v) is 3.97. The molecule has 0 atom stereocenters. The minimum atomic E-state index is 0.0497. The van der Waals surface area contributed by atoms with E-state index in [1.807, 2.05) is 24.3 Å². The Morgan fingerprint density at radius 3 is 3.00 bits per heavy atom. The van der Waals surface area contributed by atoms with Gasteiger partial charge in [0.25, 0.3) is 0 Å². The first-order valence-electron chi connectivity index (χ1n) is 4.34. The lowest BCUT2D eigenvalue weighted by Gasteiger charge is -1.91. The molecular weight excluding hydrogens is 196 g/mol. The van der Waals surface area contributed by atoms with Crippen molar-refractivity contribution < 1.29 is 4.79 Å². The van der Waals surface area contributed by atoms with Gasteiger partial charge in [-0.15, -0.1) is 11.3 Å². The van der Waals surface area contributed by atoms with E-state index in [1.165, 1.54) is 11.3 Å². The third kappa shape index (κ3) is 1.66. The Balaban J connectivity index is 2.40. The Morgan fingerprint density at radius 2 is 2.29 bits per heavy atom. The van der Waals surface area contributed by atoms with Crippen LogP contribution < -0.4 is 5.32 Å². The molecule has 1 aromatic heterocycles. The number of para-hydroxylation sites is 1. The number of thiazole rings is 1. The van der Waals surface area contributed by atoms with Gasteiger partial charge >= 0.3 is 0 Å². The van der Waals surface area contributed by atoms with E-state index in [-0.39, 0.29) is 5.78 Å². The molecule has 0 aliphatic carbocycles. The molecule has 0 aliphatic heterocycles. The fraction of sp³-hybridized carbons (Fsp3) is 0.200. The van der Waals surface area contributed by atoms with Gasteiger partial charge in [0.05, 0.1) is 16.8 Å². The molecule has 1 heterocycles. The molecule has 4 heteroatoms. The Bertz CT molecular complexity index is 431. The molecule has 0 unspecified atom stereocenters. The third-order valence-corrected chi connectivity index (χ3v) is 2.95. The Kier molecular flexibility index (Phi) is 2.56. The first kappa shape index (κ1) is 9.30. The van der Waals surface area contributed by atoms with Gasteiger partial charge in [-0.25, -0.2) is 4.98 Å². The SMILES string of the molecule is CNCC(=O)c1nc2ccccc2s1. The van der Waals surface area contributed by atoms with Crippen LogP contribution in [0.4, 0.5) is 0 Å². The summed E-state index contributed by atoms with van der Waals surface area (Å²) < 4.78 is 1.06. The standard InChI is InChI=1S/C10H10N2OS/c1-11-6-8(13)10-12-7-4-2-3-5-9(7)14-10/h2-5,11H,6H2,1H3. The number of Topliss-reactive ketones (excluding diaryl/α,β-unsaturated/α-hetero) is 1. The lowest BCUT2D eigenvalue weighted by Crippen LogP contribution is -2.18. The van der Waals surface area contributed by atoms with Crippen molar-refractivity contribution in [3.8, 4) is 0 Å². The van der Waals surface area contributed by atoms with Crippen LogP contribution in [0.1, 0.15) is 9.80 Å². The van der Waals surface area contributed by atoms with E-state index in [1.54, 1.807) is 7.05 Å². The second-order valence-electron chi connectivity index (χ2n) is 2.94. The molecule has 0 spiro atoms. The van der Waals surface area contributed by atoms with Crippen LogP contribution in [0, 0.1) is 0 Å². The maximum Gasteiger partial charge on any atom is 0.205 e. The van der Waals surface area contributed by atoms with E-state index < -0.39 is 0 Å². The highest BCUT2D eigenvalue weighted by molar-refractivity contribution is 7.20. The molecule has 72 valence electrons. The maximum absolute atomic E-state index is 11.5. The predicted octanol–water partition coefficient (Wildman–Crippen LogP) is 1.70. The van der Waals surface area contributed by atoms with E-state index in [0.29, 0.717) is 11.6 Å². The van der Waals surface area contributed by atoms with Crippen LogP contribution >= 0.6 is 11.3 Å². The van der Waals surface area contributed by atoms with E-state index in [4.69, 9.17) is 0 Å². The fourth-order valence-electron chi connectivity index (χ4n) is 1.23. The van der Waals surface area contributed by atoms with Crippen LogP contribution in [-0.4, -0.2) is 24.4 Å². The number of hydrogen-bond acceptors (Lipinski definition) is 4. The summed E-state index contributed by atoms with van der Waals surface area (Å²) in [5.74, 6) is 0.0497. The van der Waals surface area contributed by atoms with Crippen LogP contribution in [0.25, 0.3) is 10.2 Å². The normalized spacial score (nSPS) is 10.6. The highest BCUT2D eigenvalue weighted by atomic mass is 32.1. The monoisotopic (exact) mass is 206 g/mol. The number of aromatic nitrogens is 1. The maximum atomic E-state index is 11.5. The van der Waals surface area contributed by atoms with Crippen molar-refractivity contribution >= 4 is 27.3 Å². The molecule has 0 fully saturated rings. The van der Waals surface area contributed by atoms with Crippen LogP contribution in [0.2, 0.25) is 0 Å². The van der Waals surface area contributed by atoms with Gasteiger partial charge < -0.3 is 5.32 Å².